The maximum atomic E-state index is 12.9. The first-order valence-corrected chi connectivity index (χ1v) is 5.43. The van der Waals surface area contributed by atoms with Crippen molar-refractivity contribution in [3.8, 4) is 11.3 Å². The van der Waals surface area contributed by atoms with Crippen LogP contribution in [-0.2, 0) is 6.18 Å². The van der Waals surface area contributed by atoms with E-state index >= 15 is 0 Å². The molecule has 0 bridgehead atoms. The Bertz CT molecular complexity index is 562. The van der Waals surface area contributed by atoms with Crippen molar-refractivity contribution in [2.45, 2.75) is 13.1 Å². The van der Waals surface area contributed by atoms with Gasteiger partial charge < -0.3 is 0 Å². The van der Waals surface area contributed by atoms with Gasteiger partial charge >= 0.3 is 6.18 Å². The summed E-state index contributed by atoms with van der Waals surface area (Å²) in [5, 5.41) is 0.120. The van der Waals surface area contributed by atoms with Crippen molar-refractivity contribution in [3.63, 3.8) is 0 Å². The molecule has 0 unspecified atom stereocenters. The van der Waals surface area contributed by atoms with Crippen molar-refractivity contribution in [2.75, 3.05) is 0 Å². The fraction of sp³-hybridized carbons (Fsp3) is 0.167. The summed E-state index contributed by atoms with van der Waals surface area (Å²) in [4.78, 5) is 7.81. The van der Waals surface area contributed by atoms with Crippen molar-refractivity contribution in [2.24, 2.45) is 0 Å². The predicted octanol–water partition coefficient (Wildman–Crippen LogP) is 4.12. The minimum Gasteiger partial charge on any atom is -0.233 e. The summed E-state index contributed by atoms with van der Waals surface area (Å²) in [5.41, 5.74) is -0.572. The average molecular weight is 273 g/mol. The summed E-state index contributed by atoms with van der Waals surface area (Å²) >= 11 is 5.73. The van der Waals surface area contributed by atoms with Crippen molar-refractivity contribution >= 4 is 11.6 Å². The first-order valence-electron chi connectivity index (χ1n) is 5.06. The highest BCUT2D eigenvalue weighted by molar-refractivity contribution is 6.29. The van der Waals surface area contributed by atoms with Crippen molar-refractivity contribution < 1.29 is 13.2 Å². The van der Waals surface area contributed by atoms with Crippen molar-refractivity contribution in [1.29, 1.82) is 0 Å². The van der Waals surface area contributed by atoms with Gasteiger partial charge in [-0.2, -0.15) is 13.2 Å². The second kappa shape index (κ2) is 4.57. The molecule has 2 aromatic rings. The molecule has 0 atom stereocenters. The van der Waals surface area contributed by atoms with Crippen molar-refractivity contribution in [3.05, 3.63) is 46.9 Å². The lowest BCUT2D eigenvalue weighted by atomic mass is 10.0. The number of hydrogen-bond acceptors (Lipinski definition) is 2. The summed E-state index contributed by atoms with van der Waals surface area (Å²) in [6, 6.07) is 6.55. The van der Waals surface area contributed by atoms with Gasteiger partial charge in [0.1, 0.15) is 11.0 Å². The van der Waals surface area contributed by atoms with E-state index in [-0.39, 0.29) is 16.4 Å². The van der Waals surface area contributed by atoms with Gasteiger partial charge in [-0.1, -0.05) is 29.8 Å². The fourth-order valence-corrected chi connectivity index (χ4v) is 1.85. The van der Waals surface area contributed by atoms with Gasteiger partial charge in [-0.25, -0.2) is 9.97 Å². The zero-order valence-corrected chi connectivity index (χ0v) is 10.0. The second-order valence-corrected chi connectivity index (χ2v) is 4.05. The molecule has 2 nitrogen and oxygen atoms in total. The molecule has 0 saturated carbocycles. The van der Waals surface area contributed by atoms with Crippen LogP contribution in [0.25, 0.3) is 11.3 Å². The molecule has 94 valence electrons. The highest BCUT2D eigenvalue weighted by Crippen LogP contribution is 2.36. The van der Waals surface area contributed by atoms with Gasteiger partial charge in [0.2, 0.25) is 0 Å². The first kappa shape index (κ1) is 12.8. The number of alkyl halides is 3. The molecule has 0 N–H and O–H groups in total. The van der Waals surface area contributed by atoms with Crippen LogP contribution in [0.15, 0.2) is 30.3 Å². The third-order valence-corrected chi connectivity index (χ3v) is 2.51. The molecule has 0 aliphatic heterocycles. The SMILES string of the molecule is Cc1nc(Cl)cc(-c2ccccc2C(F)(F)F)n1. The summed E-state index contributed by atoms with van der Waals surface area (Å²) in [5.74, 6) is 0.328. The third-order valence-electron chi connectivity index (χ3n) is 2.32. The Balaban J connectivity index is 2.64. The molecule has 0 aliphatic carbocycles. The molecular weight excluding hydrogens is 265 g/mol. The summed E-state index contributed by atoms with van der Waals surface area (Å²) in [6.45, 7) is 1.57. The molecule has 1 aromatic heterocycles. The lowest BCUT2D eigenvalue weighted by Crippen LogP contribution is -2.07. The van der Waals surface area contributed by atoms with Crippen LogP contribution in [0.1, 0.15) is 11.4 Å². The standard InChI is InChI=1S/C12H8ClF3N2/c1-7-17-10(6-11(13)18-7)8-4-2-3-5-9(8)12(14,15)16/h2-6H,1H3. The van der Waals surface area contributed by atoms with Crippen LogP contribution >= 0.6 is 11.6 Å². The Kier molecular flexibility index (Phi) is 3.26. The van der Waals surface area contributed by atoms with E-state index in [0.717, 1.165) is 6.07 Å². The monoisotopic (exact) mass is 272 g/mol. The first-order chi connectivity index (χ1) is 8.38. The Morgan fingerprint density at radius 3 is 2.39 bits per heavy atom. The number of rotatable bonds is 1. The van der Waals surface area contributed by atoms with Crippen LogP contribution in [0.5, 0.6) is 0 Å². The van der Waals surface area contributed by atoms with E-state index < -0.39 is 11.7 Å². The molecule has 2 rings (SSSR count). The van der Waals surface area contributed by atoms with E-state index in [1.807, 2.05) is 0 Å². The average Bonchev–Trinajstić information content (AvgIpc) is 2.26. The van der Waals surface area contributed by atoms with Crippen LogP contribution in [-0.4, -0.2) is 9.97 Å². The zero-order chi connectivity index (χ0) is 13.3. The molecule has 0 saturated heterocycles. The number of aromatic nitrogens is 2. The topological polar surface area (TPSA) is 25.8 Å². The van der Waals surface area contributed by atoms with E-state index in [0.29, 0.717) is 5.82 Å². The molecule has 0 spiro atoms. The van der Waals surface area contributed by atoms with Crippen molar-refractivity contribution in [1.82, 2.24) is 9.97 Å². The van der Waals surface area contributed by atoms with Gasteiger partial charge in [-0.15, -0.1) is 0 Å². The number of nitrogens with zero attached hydrogens (tertiary/aromatic N) is 2. The summed E-state index contributed by atoms with van der Waals surface area (Å²) in [6.07, 6.45) is -4.43. The molecule has 1 aromatic carbocycles. The summed E-state index contributed by atoms with van der Waals surface area (Å²) < 4.78 is 38.6. The van der Waals surface area contributed by atoms with Crippen LogP contribution in [0, 0.1) is 6.92 Å². The van der Waals surface area contributed by atoms with Crippen LogP contribution < -0.4 is 0 Å². The van der Waals surface area contributed by atoms with Crippen LogP contribution in [0.3, 0.4) is 0 Å². The molecule has 6 heteroatoms. The highest BCUT2D eigenvalue weighted by Gasteiger charge is 2.33. The van der Waals surface area contributed by atoms with E-state index in [4.69, 9.17) is 11.6 Å². The van der Waals surface area contributed by atoms with E-state index in [2.05, 4.69) is 9.97 Å². The Hall–Kier alpha value is -1.62. The van der Waals surface area contributed by atoms with E-state index in [9.17, 15) is 13.2 Å². The van der Waals surface area contributed by atoms with Crippen LogP contribution in [0.2, 0.25) is 5.15 Å². The summed E-state index contributed by atoms with van der Waals surface area (Å²) in [7, 11) is 0. The Morgan fingerprint density at radius 2 is 1.78 bits per heavy atom. The zero-order valence-electron chi connectivity index (χ0n) is 9.29. The van der Waals surface area contributed by atoms with Crippen LogP contribution in [0.4, 0.5) is 13.2 Å². The van der Waals surface area contributed by atoms with Gasteiger partial charge in [0, 0.05) is 11.6 Å². The maximum Gasteiger partial charge on any atom is 0.417 e. The van der Waals surface area contributed by atoms with Gasteiger partial charge in [0.15, 0.2) is 0 Å². The molecule has 1 heterocycles. The number of benzene rings is 1. The molecule has 0 radical (unpaired) electrons. The van der Waals surface area contributed by atoms with Gasteiger partial charge in [-0.3, -0.25) is 0 Å². The quantitative estimate of drug-likeness (QED) is 0.730. The molecule has 0 amide bonds. The molecular formula is C12H8ClF3N2. The minimum absolute atomic E-state index is 0.00241. The Labute approximate surface area is 106 Å². The number of halogens is 4. The normalized spacial score (nSPS) is 11.6. The van der Waals surface area contributed by atoms with Gasteiger partial charge in [0.25, 0.3) is 0 Å². The number of aryl methyl sites for hydroxylation is 1. The largest absolute Gasteiger partial charge is 0.417 e. The molecule has 0 fully saturated rings. The van der Waals surface area contributed by atoms with Gasteiger partial charge in [0.05, 0.1) is 11.3 Å². The lowest BCUT2D eigenvalue weighted by Gasteiger charge is -2.12. The maximum absolute atomic E-state index is 12.9. The Morgan fingerprint density at radius 1 is 1.11 bits per heavy atom. The fourth-order valence-electron chi connectivity index (χ4n) is 1.62. The second-order valence-electron chi connectivity index (χ2n) is 3.67. The molecule has 18 heavy (non-hydrogen) atoms. The molecule has 0 aliphatic rings. The predicted molar refractivity (Wildman–Crippen MR) is 62.2 cm³/mol. The van der Waals surface area contributed by atoms with Gasteiger partial charge in [-0.05, 0) is 13.0 Å². The minimum atomic E-state index is -4.43. The smallest absolute Gasteiger partial charge is 0.233 e. The van der Waals surface area contributed by atoms with E-state index in [1.165, 1.54) is 24.3 Å². The third kappa shape index (κ3) is 2.61. The lowest BCUT2D eigenvalue weighted by molar-refractivity contribution is -0.137. The number of hydrogen-bond donors (Lipinski definition) is 0. The van der Waals surface area contributed by atoms with E-state index in [1.54, 1.807) is 6.92 Å². The highest BCUT2D eigenvalue weighted by atomic mass is 35.5.